The molecule has 0 unspecified atom stereocenters. The molecule has 5 nitrogen and oxygen atoms in total. The summed E-state index contributed by atoms with van der Waals surface area (Å²) in [6.45, 7) is 1.97. The summed E-state index contributed by atoms with van der Waals surface area (Å²) in [5.41, 5.74) is 4.05. The molecule has 0 aliphatic heterocycles. The first-order chi connectivity index (χ1) is 10.4. The summed E-state index contributed by atoms with van der Waals surface area (Å²) in [5, 5.41) is 23.8. The lowest BCUT2D eigenvalue weighted by Gasteiger charge is -2.13. The molecule has 1 aliphatic carbocycles. The Balaban J connectivity index is 0.000000396. The van der Waals surface area contributed by atoms with E-state index < -0.39 is 6.16 Å². The third-order valence-corrected chi connectivity index (χ3v) is 3.20. The van der Waals surface area contributed by atoms with Crippen LogP contribution < -0.4 is 0 Å². The van der Waals surface area contributed by atoms with Crippen LogP contribution in [0.3, 0.4) is 0 Å². The molecule has 0 radical (unpaired) electrons. The molecule has 0 amide bonds. The first kappa shape index (κ1) is 15.3. The fraction of sp³-hybridized carbons (Fsp3) is 0.0588. The van der Waals surface area contributed by atoms with E-state index in [4.69, 9.17) is 15.0 Å². The number of hydrogen-bond donors (Lipinski definition) is 3. The van der Waals surface area contributed by atoms with E-state index in [1.54, 1.807) is 24.3 Å². The van der Waals surface area contributed by atoms with Crippen molar-refractivity contribution in [1.82, 2.24) is 0 Å². The summed E-state index contributed by atoms with van der Waals surface area (Å²) < 4.78 is 0. The Morgan fingerprint density at radius 3 is 1.91 bits per heavy atom. The van der Waals surface area contributed by atoms with E-state index in [0.29, 0.717) is 11.1 Å². The molecular weight excluding hydrogens is 284 g/mol. The SMILES string of the molecule is Cc1ccc(C(=O)c2cc3c(cc2O)C=C3)cc1.O=C(O)O. The number of fused-ring (bicyclic) bond motifs is 1. The Labute approximate surface area is 126 Å². The second-order valence-corrected chi connectivity index (χ2v) is 4.81. The molecule has 0 heterocycles. The normalized spacial score (nSPS) is 10.8. The van der Waals surface area contributed by atoms with Crippen LogP contribution in [0.4, 0.5) is 4.79 Å². The fourth-order valence-electron chi connectivity index (χ4n) is 2.04. The number of phenolic OH excluding ortho intramolecular Hbond substituents is 1. The van der Waals surface area contributed by atoms with E-state index in [-0.39, 0.29) is 11.5 Å². The molecule has 0 atom stereocenters. The van der Waals surface area contributed by atoms with Crippen LogP contribution in [-0.2, 0) is 0 Å². The molecular formula is C17H14O5. The van der Waals surface area contributed by atoms with E-state index >= 15 is 0 Å². The quantitative estimate of drug-likeness (QED) is 0.628. The van der Waals surface area contributed by atoms with Crippen LogP contribution in [0.5, 0.6) is 5.75 Å². The van der Waals surface area contributed by atoms with Gasteiger partial charge in [0, 0.05) is 5.56 Å². The Kier molecular flexibility index (Phi) is 4.27. The first-order valence-corrected chi connectivity index (χ1v) is 6.47. The van der Waals surface area contributed by atoms with Gasteiger partial charge in [0.05, 0.1) is 5.56 Å². The topological polar surface area (TPSA) is 94.8 Å². The number of rotatable bonds is 2. The number of carboxylic acid groups (broad SMARTS) is 2. The van der Waals surface area contributed by atoms with Crippen molar-refractivity contribution in [1.29, 1.82) is 0 Å². The van der Waals surface area contributed by atoms with Crippen molar-refractivity contribution in [3.63, 3.8) is 0 Å². The monoisotopic (exact) mass is 298 g/mol. The molecule has 0 fully saturated rings. The van der Waals surface area contributed by atoms with Gasteiger partial charge >= 0.3 is 6.16 Å². The maximum atomic E-state index is 12.3. The number of carbonyl (C=O) groups is 2. The smallest absolute Gasteiger partial charge is 0.503 e. The summed E-state index contributed by atoms with van der Waals surface area (Å²) in [6.07, 6.45) is 2.01. The van der Waals surface area contributed by atoms with Gasteiger partial charge < -0.3 is 15.3 Å². The predicted octanol–water partition coefficient (Wildman–Crippen LogP) is 3.64. The standard InChI is InChI=1S/C16H12O2.CH2O3/c1-10-2-4-11(5-3-10)16(18)14-8-12-6-7-13(12)9-15(14)17;2-1(3)4/h2-9,17H,1H3;(H2,2,3,4). The molecule has 0 saturated carbocycles. The molecule has 5 heteroatoms. The molecule has 2 aromatic carbocycles. The number of hydrogen-bond acceptors (Lipinski definition) is 3. The zero-order valence-corrected chi connectivity index (χ0v) is 11.8. The van der Waals surface area contributed by atoms with Crippen molar-refractivity contribution in [2.24, 2.45) is 0 Å². The first-order valence-electron chi connectivity index (χ1n) is 6.47. The van der Waals surface area contributed by atoms with Crippen molar-refractivity contribution in [3.05, 3.63) is 64.2 Å². The summed E-state index contributed by atoms with van der Waals surface area (Å²) in [6, 6.07) is 10.7. The zero-order chi connectivity index (χ0) is 16.3. The number of carbonyl (C=O) groups excluding carboxylic acids is 1. The molecule has 0 bridgehead atoms. The van der Waals surface area contributed by atoms with Gasteiger partial charge in [-0.15, -0.1) is 0 Å². The molecule has 22 heavy (non-hydrogen) atoms. The number of ketones is 1. The highest BCUT2D eigenvalue weighted by Gasteiger charge is 2.17. The van der Waals surface area contributed by atoms with Crippen molar-refractivity contribution in [3.8, 4) is 5.75 Å². The Morgan fingerprint density at radius 2 is 1.41 bits per heavy atom. The van der Waals surface area contributed by atoms with E-state index in [9.17, 15) is 9.90 Å². The van der Waals surface area contributed by atoms with Crippen molar-refractivity contribution >= 4 is 24.1 Å². The molecule has 2 aromatic rings. The van der Waals surface area contributed by atoms with Crippen LogP contribution in [0.1, 0.15) is 32.6 Å². The van der Waals surface area contributed by atoms with Gasteiger partial charge in [-0.2, -0.15) is 0 Å². The van der Waals surface area contributed by atoms with Crippen LogP contribution in [-0.4, -0.2) is 27.3 Å². The summed E-state index contributed by atoms with van der Waals surface area (Å²) >= 11 is 0. The van der Waals surface area contributed by atoms with Crippen molar-refractivity contribution in [2.45, 2.75) is 6.92 Å². The summed E-state index contributed by atoms with van der Waals surface area (Å²) in [7, 11) is 0. The highest BCUT2D eigenvalue weighted by atomic mass is 16.6. The number of aryl methyl sites for hydroxylation is 1. The minimum atomic E-state index is -1.83. The second-order valence-electron chi connectivity index (χ2n) is 4.81. The number of aromatic hydroxyl groups is 1. The van der Waals surface area contributed by atoms with Gasteiger partial charge in [0.25, 0.3) is 0 Å². The van der Waals surface area contributed by atoms with Crippen LogP contribution in [0.2, 0.25) is 0 Å². The Hall–Kier alpha value is -3.08. The van der Waals surface area contributed by atoms with Crippen LogP contribution >= 0.6 is 0 Å². The maximum absolute atomic E-state index is 12.3. The lowest BCUT2D eigenvalue weighted by atomic mass is 9.92. The van der Waals surface area contributed by atoms with Gasteiger partial charge in [0.1, 0.15) is 5.75 Å². The molecule has 3 N–H and O–H groups in total. The maximum Gasteiger partial charge on any atom is 0.503 e. The van der Waals surface area contributed by atoms with E-state index in [1.165, 1.54) is 0 Å². The van der Waals surface area contributed by atoms with Gasteiger partial charge in [0.2, 0.25) is 0 Å². The average molecular weight is 298 g/mol. The zero-order valence-electron chi connectivity index (χ0n) is 11.8. The summed E-state index contributed by atoms with van der Waals surface area (Å²) in [4.78, 5) is 20.8. The van der Waals surface area contributed by atoms with E-state index in [0.717, 1.165) is 16.7 Å². The summed E-state index contributed by atoms with van der Waals surface area (Å²) in [5.74, 6) is -0.0979. The van der Waals surface area contributed by atoms with Crippen LogP contribution in [0, 0.1) is 6.92 Å². The molecule has 112 valence electrons. The van der Waals surface area contributed by atoms with Gasteiger partial charge in [0.15, 0.2) is 5.78 Å². The van der Waals surface area contributed by atoms with Gasteiger partial charge in [-0.3, -0.25) is 4.79 Å². The third kappa shape index (κ3) is 3.32. The number of benzene rings is 2. The lowest BCUT2D eigenvalue weighted by Crippen LogP contribution is -2.04. The minimum absolute atomic E-state index is 0.0451. The fourth-order valence-corrected chi connectivity index (χ4v) is 2.04. The van der Waals surface area contributed by atoms with Gasteiger partial charge in [-0.05, 0) is 30.2 Å². The van der Waals surface area contributed by atoms with Crippen LogP contribution in [0.15, 0.2) is 36.4 Å². The molecule has 1 aliphatic rings. The second kappa shape index (κ2) is 6.13. The molecule has 3 rings (SSSR count). The Morgan fingerprint density at radius 1 is 0.909 bits per heavy atom. The van der Waals surface area contributed by atoms with Crippen molar-refractivity contribution in [2.75, 3.05) is 0 Å². The van der Waals surface area contributed by atoms with Gasteiger partial charge in [-0.1, -0.05) is 42.0 Å². The minimum Gasteiger partial charge on any atom is -0.507 e. The third-order valence-electron chi connectivity index (χ3n) is 3.20. The molecule has 0 spiro atoms. The average Bonchev–Trinajstić information content (AvgIpc) is 2.42. The largest absolute Gasteiger partial charge is 0.507 e. The highest BCUT2D eigenvalue weighted by molar-refractivity contribution is 6.11. The molecule has 0 aromatic heterocycles. The van der Waals surface area contributed by atoms with Crippen molar-refractivity contribution < 1.29 is 24.9 Å². The number of phenols is 1. The lowest BCUT2D eigenvalue weighted by molar-refractivity contribution is 0.103. The van der Waals surface area contributed by atoms with E-state index in [1.807, 2.05) is 31.2 Å². The van der Waals surface area contributed by atoms with Crippen LogP contribution in [0.25, 0.3) is 12.2 Å². The highest BCUT2D eigenvalue weighted by Crippen LogP contribution is 2.31. The predicted molar refractivity (Wildman–Crippen MR) is 82.3 cm³/mol. The molecule has 0 saturated heterocycles. The van der Waals surface area contributed by atoms with Gasteiger partial charge in [-0.25, -0.2) is 4.79 Å². The van der Waals surface area contributed by atoms with E-state index in [2.05, 4.69) is 0 Å². The Bertz CT molecular complexity index is 753.